The van der Waals surface area contributed by atoms with Crippen molar-refractivity contribution in [1.82, 2.24) is 9.97 Å². The zero-order valence-electron chi connectivity index (χ0n) is 17.9. The fraction of sp³-hybridized carbons (Fsp3) is 0.0741. The molecule has 0 saturated heterocycles. The van der Waals surface area contributed by atoms with Crippen LogP contribution in [-0.4, -0.2) is 15.8 Å². The molecule has 4 aromatic rings. The topological polar surface area (TPSA) is 104 Å². The number of hydrogen-bond acceptors (Lipinski definition) is 5. The summed E-state index contributed by atoms with van der Waals surface area (Å²) in [6.07, 6.45) is 0. The summed E-state index contributed by atoms with van der Waals surface area (Å²) in [6.45, 7) is 0.388. The quantitative estimate of drug-likeness (QED) is 0.440. The lowest BCUT2D eigenvalue weighted by Gasteiger charge is -2.27. The number of H-pyrrole nitrogens is 2. The van der Waals surface area contributed by atoms with Crippen molar-refractivity contribution in [3.63, 3.8) is 0 Å². The Morgan fingerprint density at radius 3 is 2.38 bits per heavy atom. The van der Waals surface area contributed by atoms with Crippen molar-refractivity contribution < 1.29 is 9.53 Å². The molecule has 7 nitrogen and oxygen atoms in total. The van der Waals surface area contributed by atoms with Gasteiger partial charge in [-0.1, -0.05) is 66.7 Å². The van der Waals surface area contributed by atoms with Gasteiger partial charge in [0.2, 0.25) is 0 Å². The van der Waals surface area contributed by atoms with Crippen LogP contribution < -0.4 is 21.3 Å². The minimum atomic E-state index is -0.674. The van der Waals surface area contributed by atoms with Gasteiger partial charge < -0.3 is 10.1 Å². The van der Waals surface area contributed by atoms with Gasteiger partial charge in [-0.2, -0.15) is 0 Å². The third kappa shape index (κ3) is 3.17. The van der Waals surface area contributed by atoms with Crippen molar-refractivity contribution in [3.8, 4) is 5.75 Å². The summed E-state index contributed by atoms with van der Waals surface area (Å²) in [4.78, 5) is 43.5. The molecule has 34 heavy (non-hydrogen) atoms. The van der Waals surface area contributed by atoms with Gasteiger partial charge in [0.1, 0.15) is 18.2 Å². The summed E-state index contributed by atoms with van der Waals surface area (Å²) in [6, 6.07) is 24.5. The van der Waals surface area contributed by atoms with E-state index in [0.29, 0.717) is 34.8 Å². The number of anilines is 1. The fourth-order valence-corrected chi connectivity index (χ4v) is 4.71. The van der Waals surface area contributed by atoms with Crippen LogP contribution >= 0.6 is 0 Å². The number of benzene rings is 3. The highest BCUT2D eigenvalue weighted by Gasteiger charge is 2.41. The van der Waals surface area contributed by atoms with Gasteiger partial charge in [-0.05, 0) is 23.3 Å². The second-order valence-corrected chi connectivity index (χ2v) is 8.27. The Morgan fingerprint density at radius 2 is 1.56 bits per heavy atom. The highest BCUT2D eigenvalue weighted by Crippen LogP contribution is 2.47. The van der Waals surface area contributed by atoms with Crippen molar-refractivity contribution in [1.29, 1.82) is 0 Å². The SMILES string of the molecule is O=C1C2=C(Nc3[nH]c(=O)[nH]c(=O)c3[C@@H]2c2cccc(OCc3ccccc3)c2)c2ccccc21. The summed E-state index contributed by atoms with van der Waals surface area (Å²) in [5.74, 6) is 0.0898. The van der Waals surface area contributed by atoms with Gasteiger partial charge >= 0.3 is 5.69 Å². The first-order valence-corrected chi connectivity index (χ1v) is 10.9. The van der Waals surface area contributed by atoms with Crippen LogP contribution in [0.2, 0.25) is 0 Å². The first-order valence-electron chi connectivity index (χ1n) is 10.9. The molecule has 2 heterocycles. The molecule has 0 saturated carbocycles. The molecule has 0 radical (unpaired) electrons. The molecule has 0 amide bonds. The van der Waals surface area contributed by atoms with Crippen LogP contribution in [0.1, 0.15) is 38.5 Å². The lowest BCUT2D eigenvalue weighted by molar-refractivity contribution is 0.103. The number of aromatic nitrogens is 2. The largest absolute Gasteiger partial charge is 0.489 e. The number of ether oxygens (including phenoxy) is 1. The van der Waals surface area contributed by atoms with E-state index in [1.54, 1.807) is 6.07 Å². The smallest absolute Gasteiger partial charge is 0.327 e. The Bertz CT molecular complexity index is 1600. The van der Waals surface area contributed by atoms with E-state index in [-0.39, 0.29) is 11.6 Å². The predicted molar refractivity (Wildman–Crippen MR) is 128 cm³/mol. The molecular weight excluding hydrogens is 430 g/mol. The van der Waals surface area contributed by atoms with Crippen LogP contribution in [0.4, 0.5) is 5.82 Å². The number of aromatic amines is 2. The lowest BCUT2D eigenvalue weighted by Crippen LogP contribution is -2.33. The number of allylic oxidation sites excluding steroid dienone is 1. The highest BCUT2D eigenvalue weighted by molar-refractivity contribution is 6.23. The summed E-state index contributed by atoms with van der Waals surface area (Å²) in [5, 5.41) is 3.14. The molecule has 2 aliphatic rings. The average Bonchev–Trinajstić information content (AvgIpc) is 3.14. The molecule has 1 aliphatic carbocycles. The molecule has 0 spiro atoms. The Hall–Kier alpha value is -4.65. The summed E-state index contributed by atoms with van der Waals surface area (Å²) in [7, 11) is 0. The maximum absolute atomic E-state index is 13.5. The number of hydrogen-bond donors (Lipinski definition) is 3. The molecule has 1 atom stereocenters. The van der Waals surface area contributed by atoms with Crippen LogP contribution in [0.25, 0.3) is 5.70 Å². The van der Waals surface area contributed by atoms with E-state index in [4.69, 9.17) is 4.74 Å². The van der Waals surface area contributed by atoms with Crippen molar-refractivity contribution in [3.05, 3.63) is 133 Å². The maximum Gasteiger partial charge on any atom is 0.327 e. The Labute approximate surface area is 193 Å². The lowest BCUT2D eigenvalue weighted by atomic mass is 9.81. The molecule has 3 N–H and O–H groups in total. The first-order chi connectivity index (χ1) is 16.6. The van der Waals surface area contributed by atoms with Crippen molar-refractivity contribution in [2.75, 3.05) is 5.32 Å². The molecule has 3 aromatic carbocycles. The summed E-state index contributed by atoms with van der Waals surface area (Å²) >= 11 is 0. The van der Waals surface area contributed by atoms with Crippen LogP contribution in [0.15, 0.2) is 94.0 Å². The molecule has 7 heteroatoms. The van der Waals surface area contributed by atoms with Crippen molar-refractivity contribution in [2.24, 2.45) is 0 Å². The number of carbonyl (C=O) groups is 1. The van der Waals surface area contributed by atoms with Gasteiger partial charge in [0.05, 0.1) is 11.3 Å². The normalized spacial score (nSPS) is 15.9. The third-order valence-corrected chi connectivity index (χ3v) is 6.20. The zero-order chi connectivity index (χ0) is 23.2. The van der Waals surface area contributed by atoms with E-state index < -0.39 is 17.2 Å². The van der Waals surface area contributed by atoms with Gasteiger partial charge in [0.25, 0.3) is 5.56 Å². The molecule has 166 valence electrons. The number of Topliss-reactive ketones (excluding diaryl/α,β-unsaturated/α-hetero) is 1. The van der Waals surface area contributed by atoms with Crippen LogP contribution in [0, 0.1) is 0 Å². The monoisotopic (exact) mass is 449 g/mol. The highest BCUT2D eigenvalue weighted by atomic mass is 16.5. The molecular formula is C27H19N3O4. The van der Waals surface area contributed by atoms with Crippen molar-refractivity contribution >= 4 is 17.3 Å². The Balaban J connectivity index is 1.48. The van der Waals surface area contributed by atoms with Gasteiger partial charge in [0.15, 0.2) is 5.78 Å². The van der Waals surface area contributed by atoms with Crippen LogP contribution in [-0.2, 0) is 6.61 Å². The van der Waals surface area contributed by atoms with E-state index in [1.165, 1.54) is 0 Å². The number of carbonyl (C=O) groups excluding carboxylic acids is 1. The summed E-state index contributed by atoms with van der Waals surface area (Å²) < 4.78 is 6.00. The average molecular weight is 449 g/mol. The molecule has 0 bridgehead atoms. The van der Waals surface area contributed by atoms with Crippen LogP contribution in [0.5, 0.6) is 5.75 Å². The maximum atomic E-state index is 13.5. The van der Waals surface area contributed by atoms with E-state index in [2.05, 4.69) is 15.3 Å². The second kappa shape index (κ2) is 7.74. The third-order valence-electron chi connectivity index (χ3n) is 6.20. The number of nitrogens with one attached hydrogen (secondary N) is 3. The molecule has 1 aliphatic heterocycles. The zero-order valence-corrected chi connectivity index (χ0v) is 17.9. The van der Waals surface area contributed by atoms with E-state index in [1.807, 2.05) is 72.8 Å². The number of fused-ring (bicyclic) bond motifs is 3. The van der Waals surface area contributed by atoms with Gasteiger partial charge in [0, 0.05) is 22.6 Å². The number of ketones is 1. The van der Waals surface area contributed by atoms with Crippen LogP contribution in [0.3, 0.4) is 0 Å². The van der Waals surface area contributed by atoms with Gasteiger partial charge in [-0.15, -0.1) is 0 Å². The predicted octanol–water partition coefficient (Wildman–Crippen LogP) is 3.81. The minimum absolute atomic E-state index is 0.144. The minimum Gasteiger partial charge on any atom is -0.489 e. The Kier molecular flexibility index (Phi) is 4.55. The fourth-order valence-electron chi connectivity index (χ4n) is 4.71. The summed E-state index contributed by atoms with van der Waals surface area (Å²) in [5.41, 5.74) is 3.28. The van der Waals surface area contributed by atoms with Crippen molar-refractivity contribution in [2.45, 2.75) is 12.5 Å². The Morgan fingerprint density at radius 1 is 0.794 bits per heavy atom. The van der Waals surface area contributed by atoms with E-state index in [0.717, 1.165) is 16.7 Å². The molecule has 6 rings (SSSR count). The van der Waals surface area contributed by atoms with E-state index in [9.17, 15) is 14.4 Å². The first kappa shape index (κ1) is 20.0. The number of rotatable bonds is 4. The standard InChI is InChI=1S/C27H19N3O4/c31-24-19-12-5-4-11-18(19)23-21(24)20(22-25(28-23)29-27(33)30-26(22)32)16-9-6-10-17(13-16)34-14-15-7-2-1-3-8-15/h1-13,20H,14H2,(H3,28,29,30,32,33)/t20-/m1/s1. The van der Waals surface area contributed by atoms with E-state index >= 15 is 0 Å². The van der Waals surface area contributed by atoms with Gasteiger partial charge in [-0.3, -0.25) is 19.6 Å². The van der Waals surface area contributed by atoms with Gasteiger partial charge in [-0.25, -0.2) is 4.79 Å². The second-order valence-electron chi connectivity index (χ2n) is 8.27. The molecule has 0 unspecified atom stereocenters. The molecule has 1 aromatic heterocycles. The molecule has 0 fully saturated rings.